The molecular weight excluding hydrogens is 326 g/mol. The SMILES string of the molecule is COc1cc(CCC(=O)NC(C)c2nc(C)no2)cc(OC)c1OC. The number of aromatic nitrogens is 2. The van der Waals surface area contributed by atoms with E-state index in [1.54, 1.807) is 35.2 Å². The summed E-state index contributed by atoms with van der Waals surface area (Å²) in [4.78, 5) is 16.3. The standard InChI is InChI=1S/C17H23N3O5/c1-10(17-19-11(2)20-25-17)18-15(21)7-6-12-8-13(22-3)16(24-5)14(9-12)23-4/h8-10H,6-7H2,1-5H3,(H,18,21). The van der Waals surface area contributed by atoms with Crippen molar-refractivity contribution in [1.29, 1.82) is 0 Å². The van der Waals surface area contributed by atoms with E-state index in [0.717, 1.165) is 5.56 Å². The largest absolute Gasteiger partial charge is 0.493 e. The number of carbonyl (C=O) groups is 1. The molecule has 8 nitrogen and oxygen atoms in total. The summed E-state index contributed by atoms with van der Waals surface area (Å²) in [6.45, 7) is 3.52. The number of ether oxygens (including phenoxy) is 3. The van der Waals surface area contributed by atoms with Crippen LogP contribution in [0.25, 0.3) is 0 Å². The Balaban J connectivity index is 1.99. The number of carbonyl (C=O) groups excluding carboxylic acids is 1. The summed E-state index contributed by atoms with van der Waals surface area (Å²) < 4.78 is 21.0. The Labute approximate surface area is 146 Å². The van der Waals surface area contributed by atoms with Gasteiger partial charge in [-0.1, -0.05) is 5.16 Å². The fourth-order valence-corrected chi connectivity index (χ4v) is 2.40. The summed E-state index contributed by atoms with van der Waals surface area (Å²) in [6.07, 6.45) is 0.828. The molecule has 25 heavy (non-hydrogen) atoms. The first-order valence-electron chi connectivity index (χ1n) is 7.87. The van der Waals surface area contributed by atoms with Gasteiger partial charge in [0.25, 0.3) is 0 Å². The van der Waals surface area contributed by atoms with Gasteiger partial charge in [-0.3, -0.25) is 4.79 Å². The van der Waals surface area contributed by atoms with Crippen molar-refractivity contribution >= 4 is 5.91 Å². The first-order valence-corrected chi connectivity index (χ1v) is 7.87. The van der Waals surface area contributed by atoms with E-state index in [-0.39, 0.29) is 11.9 Å². The summed E-state index contributed by atoms with van der Waals surface area (Å²) in [6, 6.07) is 3.33. The fourth-order valence-electron chi connectivity index (χ4n) is 2.40. The predicted octanol–water partition coefficient (Wildman–Crippen LogP) is 2.21. The van der Waals surface area contributed by atoms with Crippen LogP contribution >= 0.6 is 0 Å². The van der Waals surface area contributed by atoms with Gasteiger partial charge < -0.3 is 24.1 Å². The molecule has 0 aliphatic heterocycles. The minimum absolute atomic E-state index is 0.114. The maximum Gasteiger partial charge on any atom is 0.248 e. The van der Waals surface area contributed by atoms with E-state index in [9.17, 15) is 4.79 Å². The van der Waals surface area contributed by atoms with Gasteiger partial charge in [-0.15, -0.1) is 0 Å². The molecule has 0 fully saturated rings. The van der Waals surface area contributed by atoms with Crippen molar-refractivity contribution in [1.82, 2.24) is 15.5 Å². The van der Waals surface area contributed by atoms with E-state index in [4.69, 9.17) is 18.7 Å². The lowest BCUT2D eigenvalue weighted by atomic mass is 10.1. The van der Waals surface area contributed by atoms with Gasteiger partial charge in [-0.05, 0) is 38.0 Å². The Morgan fingerprint density at radius 1 is 1.20 bits per heavy atom. The van der Waals surface area contributed by atoms with Crippen LogP contribution in [0.5, 0.6) is 17.2 Å². The monoisotopic (exact) mass is 349 g/mol. The topological polar surface area (TPSA) is 95.7 Å². The third-order valence-corrected chi connectivity index (χ3v) is 3.66. The maximum absolute atomic E-state index is 12.2. The lowest BCUT2D eigenvalue weighted by Crippen LogP contribution is -2.27. The van der Waals surface area contributed by atoms with Gasteiger partial charge in [0.15, 0.2) is 17.3 Å². The number of benzene rings is 1. The van der Waals surface area contributed by atoms with Crippen molar-refractivity contribution in [3.8, 4) is 17.2 Å². The zero-order valence-corrected chi connectivity index (χ0v) is 15.1. The van der Waals surface area contributed by atoms with Crippen LogP contribution in [0.3, 0.4) is 0 Å². The molecule has 0 radical (unpaired) electrons. The Bertz CT molecular complexity index is 704. The summed E-state index contributed by atoms with van der Waals surface area (Å²) in [5, 5.41) is 6.55. The van der Waals surface area contributed by atoms with E-state index in [1.807, 2.05) is 12.1 Å². The second-order valence-corrected chi connectivity index (χ2v) is 5.50. The fraction of sp³-hybridized carbons (Fsp3) is 0.471. The number of hydrogen-bond acceptors (Lipinski definition) is 7. The molecule has 2 aromatic rings. The molecule has 0 bridgehead atoms. The number of amides is 1. The molecule has 1 aromatic carbocycles. The molecule has 1 heterocycles. The van der Waals surface area contributed by atoms with E-state index in [1.165, 1.54) is 0 Å². The van der Waals surface area contributed by atoms with E-state index >= 15 is 0 Å². The van der Waals surface area contributed by atoms with Gasteiger partial charge in [-0.25, -0.2) is 0 Å². The minimum atomic E-state index is -0.339. The van der Waals surface area contributed by atoms with Crippen LogP contribution in [-0.4, -0.2) is 37.4 Å². The lowest BCUT2D eigenvalue weighted by molar-refractivity contribution is -0.121. The molecule has 1 atom stereocenters. The highest BCUT2D eigenvalue weighted by Gasteiger charge is 2.17. The molecular formula is C17H23N3O5. The molecule has 1 amide bonds. The highest BCUT2D eigenvalue weighted by molar-refractivity contribution is 5.76. The van der Waals surface area contributed by atoms with Gasteiger partial charge in [0.2, 0.25) is 17.5 Å². The molecule has 1 N–H and O–H groups in total. The van der Waals surface area contributed by atoms with Crippen LogP contribution in [0.2, 0.25) is 0 Å². The zero-order valence-electron chi connectivity index (χ0n) is 15.1. The van der Waals surface area contributed by atoms with Crippen LogP contribution in [0.15, 0.2) is 16.7 Å². The van der Waals surface area contributed by atoms with Crippen molar-refractivity contribution in [2.45, 2.75) is 32.7 Å². The van der Waals surface area contributed by atoms with Crippen LogP contribution in [0.4, 0.5) is 0 Å². The van der Waals surface area contributed by atoms with E-state index in [0.29, 0.717) is 41.8 Å². The van der Waals surface area contributed by atoms with Crippen LogP contribution in [0.1, 0.15) is 36.7 Å². The molecule has 8 heteroatoms. The predicted molar refractivity (Wildman–Crippen MR) is 90.0 cm³/mol. The first kappa shape index (κ1) is 18.6. The van der Waals surface area contributed by atoms with Crippen LogP contribution in [-0.2, 0) is 11.2 Å². The van der Waals surface area contributed by atoms with Crippen molar-refractivity contribution in [3.05, 3.63) is 29.4 Å². The molecule has 1 unspecified atom stereocenters. The maximum atomic E-state index is 12.2. The van der Waals surface area contributed by atoms with E-state index < -0.39 is 0 Å². The summed E-state index contributed by atoms with van der Waals surface area (Å²) in [5.74, 6) is 2.46. The average Bonchev–Trinajstić information content (AvgIpc) is 3.05. The molecule has 0 saturated carbocycles. The zero-order chi connectivity index (χ0) is 18.4. The number of nitrogens with zero attached hydrogens (tertiary/aromatic N) is 2. The minimum Gasteiger partial charge on any atom is -0.493 e. The second kappa shape index (κ2) is 8.36. The Hall–Kier alpha value is -2.77. The third-order valence-electron chi connectivity index (χ3n) is 3.66. The molecule has 1 aromatic heterocycles. The van der Waals surface area contributed by atoms with Gasteiger partial charge in [-0.2, -0.15) is 4.98 Å². The highest BCUT2D eigenvalue weighted by atomic mass is 16.5. The van der Waals surface area contributed by atoms with Gasteiger partial charge >= 0.3 is 0 Å². The Kier molecular flexibility index (Phi) is 6.21. The molecule has 136 valence electrons. The molecule has 0 aliphatic carbocycles. The first-order chi connectivity index (χ1) is 12.0. The summed E-state index contributed by atoms with van der Waals surface area (Å²) >= 11 is 0. The van der Waals surface area contributed by atoms with Crippen molar-refractivity contribution in [2.75, 3.05) is 21.3 Å². The smallest absolute Gasteiger partial charge is 0.248 e. The summed E-state index contributed by atoms with van der Waals surface area (Å²) in [5.41, 5.74) is 0.908. The number of methoxy groups -OCH3 is 3. The molecule has 0 aliphatic rings. The molecule has 2 rings (SSSR count). The average molecular weight is 349 g/mol. The Morgan fingerprint density at radius 2 is 1.84 bits per heavy atom. The number of rotatable bonds is 8. The van der Waals surface area contributed by atoms with Crippen molar-refractivity contribution < 1.29 is 23.5 Å². The number of aryl methyl sites for hydroxylation is 2. The number of hydrogen-bond donors (Lipinski definition) is 1. The quantitative estimate of drug-likeness (QED) is 0.780. The van der Waals surface area contributed by atoms with Crippen LogP contribution in [0, 0.1) is 6.92 Å². The van der Waals surface area contributed by atoms with Crippen LogP contribution < -0.4 is 19.5 Å². The molecule has 0 saturated heterocycles. The summed E-state index contributed by atoms with van der Waals surface area (Å²) in [7, 11) is 4.66. The second-order valence-electron chi connectivity index (χ2n) is 5.50. The van der Waals surface area contributed by atoms with E-state index in [2.05, 4.69) is 15.5 Å². The third kappa shape index (κ3) is 4.62. The Morgan fingerprint density at radius 3 is 2.32 bits per heavy atom. The van der Waals surface area contributed by atoms with Gasteiger partial charge in [0.05, 0.1) is 21.3 Å². The van der Waals surface area contributed by atoms with Crippen molar-refractivity contribution in [3.63, 3.8) is 0 Å². The highest BCUT2D eigenvalue weighted by Crippen LogP contribution is 2.38. The van der Waals surface area contributed by atoms with Crippen molar-refractivity contribution in [2.24, 2.45) is 0 Å². The molecule has 0 spiro atoms. The number of nitrogens with one attached hydrogen (secondary N) is 1. The van der Waals surface area contributed by atoms with Gasteiger partial charge in [0.1, 0.15) is 6.04 Å². The van der Waals surface area contributed by atoms with Gasteiger partial charge in [0, 0.05) is 6.42 Å². The normalized spacial score (nSPS) is 11.7. The lowest BCUT2D eigenvalue weighted by Gasteiger charge is -2.14.